The number of carboxylic acids is 1. The Morgan fingerprint density at radius 2 is 1.95 bits per heavy atom. The van der Waals surface area contributed by atoms with Crippen molar-refractivity contribution in [2.75, 3.05) is 11.5 Å². The number of hydrogen-bond acceptors (Lipinski definition) is 3. The van der Waals surface area contributed by atoms with Gasteiger partial charge in [0.05, 0.1) is 0 Å². The maximum absolute atomic E-state index is 13.3. The quantitative estimate of drug-likeness (QED) is 0.897. The number of nitrogens with one attached hydrogen (secondary N) is 1. The Morgan fingerprint density at radius 1 is 1.30 bits per heavy atom. The van der Waals surface area contributed by atoms with E-state index in [9.17, 15) is 19.1 Å². The van der Waals surface area contributed by atoms with Crippen molar-refractivity contribution in [3.8, 4) is 0 Å². The minimum Gasteiger partial charge on any atom is -0.480 e. The smallest absolute Gasteiger partial charge is 0.329 e. The van der Waals surface area contributed by atoms with Gasteiger partial charge in [0.2, 0.25) is 0 Å². The summed E-state index contributed by atoms with van der Waals surface area (Å²) in [7, 11) is 0. The summed E-state index contributed by atoms with van der Waals surface area (Å²) in [6.45, 7) is 1.68. The monoisotopic (exact) mass is 297 g/mol. The molecule has 4 nitrogen and oxygen atoms in total. The summed E-state index contributed by atoms with van der Waals surface area (Å²) in [4.78, 5) is 23.7. The average Bonchev–Trinajstić information content (AvgIpc) is 2.38. The summed E-state index contributed by atoms with van der Waals surface area (Å²) in [5.41, 5.74) is -0.456. The minimum absolute atomic E-state index is 0.154. The molecule has 1 saturated heterocycles. The van der Waals surface area contributed by atoms with E-state index in [1.54, 1.807) is 24.8 Å². The first-order valence-corrected chi connectivity index (χ1v) is 7.49. The number of carboxylic acid groups (broad SMARTS) is 1. The van der Waals surface area contributed by atoms with E-state index in [2.05, 4.69) is 5.32 Å². The van der Waals surface area contributed by atoms with Crippen molar-refractivity contribution in [3.05, 3.63) is 35.1 Å². The van der Waals surface area contributed by atoms with Gasteiger partial charge in [0.15, 0.2) is 0 Å². The lowest BCUT2D eigenvalue weighted by molar-refractivity contribution is -0.144. The Balaban J connectivity index is 2.22. The van der Waals surface area contributed by atoms with E-state index >= 15 is 0 Å². The van der Waals surface area contributed by atoms with Crippen molar-refractivity contribution in [3.63, 3.8) is 0 Å². The molecule has 2 rings (SSSR count). The molecule has 0 bridgehead atoms. The first-order valence-electron chi connectivity index (χ1n) is 6.34. The van der Waals surface area contributed by atoms with Crippen LogP contribution in [0.3, 0.4) is 0 Å². The molecule has 1 aromatic carbocycles. The van der Waals surface area contributed by atoms with Crippen molar-refractivity contribution >= 4 is 23.6 Å². The molecule has 1 amide bonds. The Hall–Kier alpha value is -1.56. The minimum atomic E-state index is -1.23. The van der Waals surface area contributed by atoms with Gasteiger partial charge >= 0.3 is 5.97 Å². The third-order valence-corrected chi connectivity index (χ3v) is 4.40. The van der Waals surface area contributed by atoms with Gasteiger partial charge in [0.25, 0.3) is 5.91 Å². The molecule has 0 saturated carbocycles. The topological polar surface area (TPSA) is 66.4 Å². The molecule has 0 radical (unpaired) electrons. The lowest BCUT2D eigenvalue weighted by Gasteiger charge is -2.33. The van der Waals surface area contributed by atoms with Crippen LogP contribution < -0.4 is 5.32 Å². The van der Waals surface area contributed by atoms with E-state index in [1.807, 2.05) is 0 Å². The standard InChI is InChI=1S/C14H16FNO3S/c1-9-6-10(8-11(15)7-9)12(17)16-14(13(18)19)2-4-20-5-3-14/h6-8H,2-5H2,1H3,(H,16,17)(H,18,19). The third-order valence-electron chi connectivity index (χ3n) is 3.41. The van der Waals surface area contributed by atoms with Crippen LogP contribution in [0.5, 0.6) is 0 Å². The lowest BCUT2D eigenvalue weighted by atomic mass is 9.91. The van der Waals surface area contributed by atoms with Crippen molar-refractivity contribution in [2.24, 2.45) is 0 Å². The second-order valence-corrected chi connectivity index (χ2v) is 6.20. The fraction of sp³-hybridized carbons (Fsp3) is 0.429. The molecule has 0 unspecified atom stereocenters. The highest BCUT2D eigenvalue weighted by atomic mass is 32.2. The fourth-order valence-electron chi connectivity index (χ4n) is 2.27. The number of aryl methyl sites for hydroxylation is 1. The number of amides is 1. The van der Waals surface area contributed by atoms with Gasteiger partial charge in [-0.2, -0.15) is 11.8 Å². The van der Waals surface area contributed by atoms with E-state index in [-0.39, 0.29) is 5.56 Å². The number of thioether (sulfide) groups is 1. The van der Waals surface area contributed by atoms with Gasteiger partial charge < -0.3 is 10.4 Å². The SMILES string of the molecule is Cc1cc(F)cc(C(=O)NC2(C(=O)O)CCSCC2)c1. The number of carbonyl (C=O) groups is 2. The highest BCUT2D eigenvalue weighted by Gasteiger charge is 2.41. The van der Waals surface area contributed by atoms with Crippen molar-refractivity contribution in [1.29, 1.82) is 0 Å². The molecule has 1 aliphatic heterocycles. The van der Waals surface area contributed by atoms with E-state index in [0.29, 0.717) is 29.9 Å². The van der Waals surface area contributed by atoms with Crippen molar-refractivity contribution in [2.45, 2.75) is 25.3 Å². The van der Waals surface area contributed by atoms with E-state index in [1.165, 1.54) is 6.07 Å². The Morgan fingerprint density at radius 3 is 2.50 bits per heavy atom. The second kappa shape index (κ2) is 5.83. The van der Waals surface area contributed by atoms with Crippen molar-refractivity contribution in [1.82, 2.24) is 5.32 Å². The maximum Gasteiger partial charge on any atom is 0.329 e. The number of benzene rings is 1. The second-order valence-electron chi connectivity index (χ2n) is 4.97. The molecule has 1 heterocycles. The molecule has 20 heavy (non-hydrogen) atoms. The van der Waals surface area contributed by atoms with Crippen LogP contribution >= 0.6 is 11.8 Å². The molecule has 2 N–H and O–H groups in total. The van der Waals surface area contributed by atoms with Gasteiger partial charge in [-0.05, 0) is 55.0 Å². The zero-order valence-electron chi connectivity index (χ0n) is 11.1. The molecule has 1 aliphatic rings. The molecule has 6 heteroatoms. The fourth-order valence-corrected chi connectivity index (χ4v) is 3.46. The van der Waals surface area contributed by atoms with Gasteiger partial charge in [-0.1, -0.05) is 0 Å². The van der Waals surface area contributed by atoms with E-state index in [0.717, 1.165) is 6.07 Å². The summed E-state index contributed by atoms with van der Waals surface area (Å²) in [5.74, 6) is -0.691. The van der Waals surface area contributed by atoms with Crippen LogP contribution in [0.25, 0.3) is 0 Å². The van der Waals surface area contributed by atoms with Crippen LogP contribution in [0.1, 0.15) is 28.8 Å². The molecule has 0 aromatic heterocycles. The highest BCUT2D eigenvalue weighted by Crippen LogP contribution is 2.28. The van der Waals surface area contributed by atoms with Crippen LogP contribution in [0.4, 0.5) is 4.39 Å². The summed E-state index contributed by atoms with van der Waals surface area (Å²) in [6, 6.07) is 3.99. The molecule has 1 fully saturated rings. The zero-order valence-corrected chi connectivity index (χ0v) is 11.9. The van der Waals surface area contributed by atoms with E-state index in [4.69, 9.17) is 0 Å². The number of aliphatic carboxylic acids is 1. The summed E-state index contributed by atoms with van der Waals surface area (Å²) < 4.78 is 13.3. The largest absolute Gasteiger partial charge is 0.480 e. The van der Waals surface area contributed by atoms with Gasteiger partial charge in [0.1, 0.15) is 11.4 Å². The van der Waals surface area contributed by atoms with Crippen LogP contribution in [-0.2, 0) is 4.79 Å². The van der Waals surface area contributed by atoms with Gasteiger partial charge in [-0.3, -0.25) is 4.79 Å². The highest BCUT2D eigenvalue weighted by molar-refractivity contribution is 7.99. The predicted molar refractivity (Wildman–Crippen MR) is 75.5 cm³/mol. The number of carbonyl (C=O) groups excluding carboxylic acids is 1. The molecular formula is C14H16FNO3S. The number of hydrogen-bond donors (Lipinski definition) is 2. The lowest BCUT2D eigenvalue weighted by Crippen LogP contribution is -2.56. The number of rotatable bonds is 3. The predicted octanol–water partition coefficient (Wildman–Crippen LogP) is 2.21. The molecule has 0 spiro atoms. The Labute approximate surface area is 120 Å². The van der Waals surface area contributed by atoms with Gasteiger partial charge in [0, 0.05) is 5.56 Å². The van der Waals surface area contributed by atoms with E-state index < -0.39 is 23.2 Å². The summed E-state index contributed by atoms with van der Waals surface area (Å²) in [5, 5.41) is 12.0. The van der Waals surface area contributed by atoms with Crippen LogP contribution in [-0.4, -0.2) is 34.0 Å². The molecule has 0 atom stereocenters. The first-order chi connectivity index (χ1) is 9.43. The van der Waals surface area contributed by atoms with Crippen LogP contribution in [0, 0.1) is 12.7 Å². The Bertz CT molecular complexity index is 521. The average molecular weight is 297 g/mol. The first kappa shape index (κ1) is 14.8. The summed E-state index contributed by atoms with van der Waals surface area (Å²) in [6.07, 6.45) is 0.764. The van der Waals surface area contributed by atoms with Gasteiger partial charge in [-0.25, -0.2) is 9.18 Å². The van der Waals surface area contributed by atoms with Crippen LogP contribution in [0.2, 0.25) is 0 Å². The molecular weight excluding hydrogens is 281 g/mol. The molecule has 108 valence electrons. The van der Waals surface area contributed by atoms with Crippen molar-refractivity contribution < 1.29 is 19.1 Å². The number of halogens is 1. The zero-order chi connectivity index (χ0) is 14.8. The molecule has 1 aromatic rings. The maximum atomic E-state index is 13.3. The normalized spacial score (nSPS) is 17.5. The summed E-state index contributed by atoms with van der Waals surface area (Å²) >= 11 is 1.67. The van der Waals surface area contributed by atoms with Gasteiger partial charge in [-0.15, -0.1) is 0 Å². The van der Waals surface area contributed by atoms with Crippen LogP contribution in [0.15, 0.2) is 18.2 Å². The third kappa shape index (κ3) is 3.12. The molecule has 0 aliphatic carbocycles. The Kier molecular flexibility index (Phi) is 4.32.